The monoisotopic (exact) mass is 601 g/mol. The summed E-state index contributed by atoms with van der Waals surface area (Å²) in [7, 11) is 0. The second-order valence-corrected chi connectivity index (χ2v) is 12.2. The molecular weight excluding hydrogens is 571 g/mol. The van der Waals surface area contributed by atoms with Gasteiger partial charge in [0, 0.05) is 22.6 Å². The Bertz CT molecular complexity index is 2120. The summed E-state index contributed by atoms with van der Waals surface area (Å²) in [5, 5.41) is 0. The molecule has 9 rings (SSSR count). The average molecular weight is 602 g/mol. The largest absolute Gasteiger partial charge is 0.465 e. The highest BCUT2D eigenvalue weighted by molar-refractivity contribution is 5.87. The van der Waals surface area contributed by atoms with Crippen LogP contribution in [0.4, 0.5) is 17.1 Å². The van der Waals surface area contributed by atoms with Gasteiger partial charge >= 0.3 is 0 Å². The van der Waals surface area contributed by atoms with Crippen LogP contribution in [0.15, 0.2) is 188 Å². The lowest BCUT2D eigenvalue weighted by molar-refractivity contribution is 0.446. The predicted molar refractivity (Wildman–Crippen MR) is 194 cm³/mol. The van der Waals surface area contributed by atoms with Crippen LogP contribution in [0.5, 0.6) is 5.75 Å². The van der Waals surface area contributed by atoms with Crippen molar-refractivity contribution in [1.82, 2.24) is 0 Å². The van der Waals surface area contributed by atoms with Gasteiger partial charge in [0.05, 0.1) is 11.7 Å². The second kappa shape index (κ2) is 11.0. The van der Waals surface area contributed by atoms with Crippen molar-refractivity contribution < 1.29 is 4.74 Å². The molecule has 222 valence electrons. The lowest BCUT2D eigenvalue weighted by Crippen LogP contribution is -2.28. The first kappa shape index (κ1) is 27.2. The first-order valence-electron chi connectivity index (χ1n) is 16.1. The van der Waals surface area contributed by atoms with Crippen molar-refractivity contribution >= 4 is 17.1 Å². The SMILES string of the molecule is C1=CC2(c3cc(N(c4ccc(-c5ccccc5)cc4)c4ccc(-c5ccccc5)cc4)ccc3O1)c1ccccc1-c1ccccc12. The molecule has 0 saturated heterocycles. The van der Waals surface area contributed by atoms with Gasteiger partial charge < -0.3 is 9.64 Å². The van der Waals surface area contributed by atoms with Crippen molar-refractivity contribution in [2.75, 3.05) is 4.90 Å². The van der Waals surface area contributed by atoms with Gasteiger partial charge in [0.25, 0.3) is 0 Å². The smallest absolute Gasteiger partial charge is 0.131 e. The molecule has 0 bridgehead atoms. The Balaban J connectivity index is 1.21. The fourth-order valence-corrected chi connectivity index (χ4v) is 7.42. The van der Waals surface area contributed by atoms with Crippen LogP contribution >= 0.6 is 0 Å². The summed E-state index contributed by atoms with van der Waals surface area (Å²) in [4.78, 5) is 2.35. The lowest BCUT2D eigenvalue weighted by Gasteiger charge is -2.35. The fourth-order valence-electron chi connectivity index (χ4n) is 7.42. The number of hydrogen-bond acceptors (Lipinski definition) is 2. The summed E-state index contributed by atoms with van der Waals surface area (Å²) >= 11 is 0. The molecule has 0 saturated carbocycles. The van der Waals surface area contributed by atoms with Crippen molar-refractivity contribution in [3.05, 3.63) is 205 Å². The van der Waals surface area contributed by atoms with E-state index in [-0.39, 0.29) is 0 Å². The van der Waals surface area contributed by atoms with E-state index in [0.717, 1.165) is 28.4 Å². The van der Waals surface area contributed by atoms with Crippen LogP contribution in [0.25, 0.3) is 33.4 Å². The third-order valence-electron chi connectivity index (χ3n) is 9.62. The van der Waals surface area contributed by atoms with Gasteiger partial charge in [-0.3, -0.25) is 0 Å². The molecule has 47 heavy (non-hydrogen) atoms. The summed E-state index contributed by atoms with van der Waals surface area (Å²) in [6, 6.07) is 63.0. The minimum Gasteiger partial charge on any atom is -0.465 e. The molecule has 0 aromatic heterocycles. The number of benzene rings is 7. The maximum absolute atomic E-state index is 6.22. The molecule has 1 aliphatic carbocycles. The van der Waals surface area contributed by atoms with E-state index >= 15 is 0 Å². The van der Waals surface area contributed by atoms with Crippen LogP contribution in [0.2, 0.25) is 0 Å². The van der Waals surface area contributed by atoms with Gasteiger partial charge in [-0.15, -0.1) is 0 Å². The van der Waals surface area contributed by atoms with Crippen LogP contribution in [-0.4, -0.2) is 0 Å². The molecule has 7 aromatic rings. The zero-order chi connectivity index (χ0) is 31.2. The van der Waals surface area contributed by atoms with Gasteiger partial charge in [-0.1, -0.05) is 133 Å². The van der Waals surface area contributed by atoms with Crippen molar-refractivity contribution in [3.63, 3.8) is 0 Å². The van der Waals surface area contributed by atoms with Crippen LogP contribution < -0.4 is 9.64 Å². The van der Waals surface area contributed by atoms with Gasteiger partial charge in [-0.25, -0.2) is 0 Å². The highest BCUT2D eigenvalue weighted by Crippen LogP contribution is 2.57. The lowest BCUT2D eigenvalue weighted by atomic mass is 9.71. The van der Waals surface area contributed by atoms with E-state index in [2.05, 4.69) is 187 Å². The Kier molecular flexibility index (Phi) is 6.39. The second-order valence-electron chi connectivity index (χ2n) is 12.2. The molecule has 7 aromatic carbocycles. The van der Waals surface area contributed by atoms with Crippen molar-refractivity contribution in [3.8, 4) is 39.1 Å². The minimum absolute atomic E-state index is 0.448. The molecule has 2 heteroatoms. The molecule has 0 N–H and O–H groups in total. The number of rotatable bonds is 5. The highest BCUT2D eigenvalue weighted by Gasteiger charge is 2.46. The zero-order valence-corrected chi connectivity index (χ0v) is 25.8. The number of fused-ring (bicyclic) bond motifs is 7. The molecule has 1 spiro atoms. The van der Waals surface area contributed by atoms with Crippen LogP contribution in [0.1, 0.15) is 16.7 Å². The summed E-state index contributed by atoms with van der Waals surface area (Å²) in [5.41, 5.74) is 13.8. The van der Waals surface area contributed by atoms with Crippen molar-refractivity contribution in [1.29, 1.82) is 0 Å². The van der Waals surface area contributed by atoms with Crippen LogP contribution in [0.3, 0.4) is 0 Å². The van der Waals surface area contributed by atoms with Gasteiger partial charge in [0.2, 0.25) is 0 Å². The zero-order valence-electron chi connectivity index (χ0n) is 25.8. The van der Waals surface area contributed by atoms with Gasteiger partial charge in [-0.2, -0.15) is 0 Å². The molecule has 1 heterocycles. The van der Waals surface area contributed by atoms with Crippen molar-refractivity contribution in [2.45, 2.75) is 5.41 Å². The molecule has 0 fully saturated rings. The Morgan fingerprint density at radius 2 is 0.830 bits per heavy atom. The van der Waals surface area contributed by atoms with E-state index in [0.29, 0.717) is 0 Å². The summed E-state index contributed by atoms with van der Waals surface area (Å²) in [6.07, 6.45) is 4.10. The number of allylic oxidation sites excluding steroid dienone is 1. The molecule has 0 atom stereocenters. The third-order valence-corrected chi connectivity index (χ3v) is 9.62. The number of hydrogen-bond donors (Lipinski definition) is 0. The van der Waals surface area contributed by atoms with E-state index in [9.17, 15) is 0 Å². The van der Waals surface area contributed by atoms with Gasteiger partial charge in [-0.05, 0) is 93.0 Å². The summed E-state index contributed by atoms with van der Waals surface area (Å²) in [6.45, 7) is 0. The standard InChI is InChI=1S/C45H31NO/c1-3-11-32(12-4-1)34-19-23-36(24-20-34)46(37-25-21-35(22-26-37)33-13-5-2-6-14-33)38-27-28-44-43(31-38)45(29-30-47-44)41-17-9-7-15-39(41)40-16-8-10-18-42(40)45/h1-31H. The molecule has 0 unspecified atom stereocenters. The van der Waals surface area contributed by atoms with E-state index in [1.807, 2.05) is 6.26 Å². The fraction of sp³-hybridized carbons (Fsp3) is 0.0222. The Labute approximate surface area is 275 Å². The maximum atomic E-state index is 6.22. The van der Waals surface area contributed by atoms with E-state index < -0.39 is 5.41 Å². The van der Waals surface area contributed by atoms with Crippen LogP contribution in [-0.2, 0) is 5.41 Å². The normalized spacial score (nSPS) is 13.4. The van der Waals surface area contributed by atoms with Crippen LogP contribution in [0, 0.1) is 0 Å². The summed E-state index contributed by atoms with van der Waals surface area (Å²) < 4.78 is 6.22. The molecule has 0 amide bonds. The quantitative estimate of drug-likeness (QED) is 0.195. The minimum atomic E-state index is -0.448. The van der Waals surface area contributed by atoms with Crippen molar-refractivity contribution in [2.24, 2.45) is 0 Å². The molecular formula is C45H31NO. The predicted octanol–water partition coefficient (Wildman–Crippen LogP) is 11.7. The molecule has 0 radical (unpaired) electrons. The van der Waals surface area contributed by atoms with E-state index in [4.69, 9.17) is 4.74 Å². The maximum Gasteiger partial charge on any atom is 0.131 e. The molecule has 2 aliphatic rings. The van der Waals surface area contributed by atoms with Gasteiger partial charge in [0.1, 0.15) is 5.75 Å². The highest BCUT2D eigenvalue weighted by atomic mass is 16.5. The third kappa shape index (κ3) is 4.41. The van der Waals surface area contributed by atoms with E-state index in [1.165, 1.54) is 44.5 Å². The van der Waals surface area contributed by atoms with E-state index in [1.54, 1.807) is 0 Å². The first-order valence-corrected chi connectivity index (χ1v) is 16.1. The number of ether oxygens (including phenoxy) is 1. The summed E-state index contributed by atoms with van der Waals surface area (Å²) in [5.74, 6) is 0.876. The topological polar surface area (TPSA) is 12.5 Å². The Morgan fingerprint density at radius 1 is 0.383 bits per heavy atom. The number of nitrogens with zero attached hydrogens (tertiary/aromatic N) is 1. The Morgan fingerprint density at radius 3 is 1.36 bits per heavy atom. The molecule has 1 aliphatic heterocycles. The average Bonchev–Trinajstić information content (AvgIpc) is 3.43. The van der Waals surface area contributed by atoms with Gasteiger partial charge in [0.15, 0.2) is 0 Å². The Hall–Kier alpha value is -6.12. The molecule has 2 nitrogen and oxygen atoms in total. The first-order chi connectivity index (χ1) is 23.3. The number of anilines is 3.